The van der Waals surface area contributed by atoms with Crippen molar-refractivity contribution in [2.75, 3.05) is 0 Å². The van der Waals surface area contributed by atoms with Gasteiger partial charge in [-0.25, -0.2) is 0 Å². The molecule has 0 aromatic heterocycles. The number of aliphatic hydroxyl groups is 1. The lowest BCUT2D eigenvalue weighted by Crippen LogP contribution is -2.16. The van der Waals surface area contributed by atoms with Crippen LogP contribution in [0, 0.1) is 17.8 Å². The molecule has 86 valence electrons. The molecule has 1 N–H and O–H groups in total. The lowest BCUT2D eigenvalue weighted by Gasteiger charge is -2.22. The largest absolute Gasteiger partial charge is 0.512 e. The predicted octanol–water partition coefficient (Wildman–Crippen LogP) is 3.48. The molecule has 0 bridgehead atoms. The maximum Gasteiger partial charge on any atom is 0.159 e. The zero-order valence-corrected chi connectivity index (χ0v) is 9.99. The summed E-state index contributed by atoms with van der Waals surface area (Å²) in [5, 5.41) is 9.36. The van der Waals surface area contributed by atoms with E-state index in [1.54, 1.807) is 0 Å². The molecule has 0 radical (unpaired) electrons. The van der Waals surface area contributed by atoms with Gasteiger partial charge in [0.15, 0.2) is 5.78 Å². The highest BCUT2D eigenvalue weighted by Crippen LogP contribution is 2.27. The van der Waals surface area contributed by atoms with Crippen LogP contribution in [0.4, 0.5) is 0 Å². The zero-order valence-electron chi connectivity index (χ0n) is 9.99. The minimum Gasteiger partial charge on any atom is -0.512 e. The molecule has 1 aliphatic carbocycles. The molecule has 15 heavy (non-hydrogen) atoms. The van der Waals surface area contributed by atoms with Crippen molar-refractivity contribution in [3.05, 3.63) is 11.8 Å². The standard InChI is InChI=1S/C13H22O2/c1-9(2)10(3)4-5-11-6-12(14)8-13(15)7-11/h8-11,14H,4-7H2,1-3H3. The van der Waals surface area contributed by atoms with Gasteiger partial charge >= 0.3 is 0 Å². The van der Waals surface area contributed by atoms with Crippen molar-refractivity contribution in [2.45, 2.75) is 46.5 Å². The first-order valence-electron chi connectivity index (χ1n) is 5.91. The van der Waals surface area contributed by atoms with Crippen molar-refractivity contribution in [2.24, 2.45) is 17.8 Å². The van der Waals surface area contributed by atoms with Crippen molar-refractivity contribution in [1.29, 1.82) is 0 Å². The van der Waals surface area contributed by atoms with E-state index in [1.807, 2.05) is 0 Å². The van der Waals surface area contributed by atoms with Crippen molar-refractivity contribution in [1.82, 2.24) is 0 Å². The van der Waals surface area contributed by atoms with Gasteiger partial charge in [-0.15, -0.1) is 0 Å². The molecule has 2 unspecified atom stereocenters. The minimum atomic E-state index is 0.0842. The Morgan fingerprint density at radius 2 is 2.07 bits per heavy atom. The first kappa shape index (κ1) is 12.3. The van der Waals surface area contributed by atoms with E-state index < -0.39 is 0 Å². The van der Waals surface area contributed by atoms with Gasteiger partial charge in [-0.2, -0.15) is 0 Å². The molecule has 2 heteroatoms. The summed E-state index contributed by atoms with van der Waals surface area (Å²) in [7, 11) is 0. The van der Waals surface area contributed by atoms with Crippen molar-refractivity contribution in [3.8, 4) is 0 Å². The van der Waals surface area contributed by atoms with E-state index in [0.29, 0.717) is 30.6 Å². The predicted molar refractivity (Wildman–Crippen MR) is 61.7 cm³/mol. The average Bonchev–Trinajstić information content (AvgIpc) is 2.12. The summed E-state index contributed by atoms with van der Waals surface area (Å²) < 4.78 is 0. The average molecular weight is 210 g/mol. The Labute approximate surface area is 92.4 Å². The summed E-state index contributed by atoms with van der Waals surface area (Å²) >= 11 is 0. The van der Waals surface area contributed by atoms with E-state index in [4.69, 9.17) is 0 Å². The zero-order chi connectivity index (χ0) is 11.4. The van der Waals surface area contributed by atoms with Gasteiger partial charge in [0.2, 0.25) is 0 Å². The van der Waals surface area contributed by atoms with Gasteiger partial charge in [0.25, 0.3) is 0 Å². The van der Waals surface area contributed by atoms with E-state index in [-0.39, 0.29) is 11.5 Å². The summed E-state index contributed by atoms with van der Waals surface area (Å²) in [6.45, 7) is 6.72. The fourth-order valence-corrected chi connectivity index (χ4v) is 1.99. The Morgan fingerprint density at radius 1 is 1.40 bits per heavy atom. The normalized spacial score (nSPS) is 24.1. The summed E-state index contributed by atoms with van der Waals surface area (Å²) in [5.41, 5.74) is 0. The quantitative estimate of drug-likeness (QED) is 0.771. The maximum atomic E-state index is 11.2. The van der Waals surface area contributed by atoms with Crippen LogP contribution in [0.3, 0.4) is 0 Å². The van der Waals surface area contributed by atoms with Gasteiger partial charge in [-0.1, -0.05) is 27.2 Å². The number of allylic oxidation sites excluding steroid dienone is 2. The number of carbonyl (C=O) groups is 1. The highest BCUT2D eigenvalue weighted by Gasteiger charge is 2.21. The molecule has 0 saturated heterocycles. The topological polar surface area (TPSA) is 37.3 Å². The summed E-state index contributed by atoms with van der Waals surface area (Å²) in [5.74, 6) is 2.12. The first-order valence-corrected chi connectivity index (χ1v) is 5.91. The molecule has 2 nitrogen and oxygen atoms in total. The lowest BCUT2D eigenvalue weighted by molar-refractivity contribution is -0.116. The Morgan fingerprint density at radius 3 is 2.60 bits per heavy atom. The van der Waals surface area contributed by atoms with Crippen LogP contribution in [0.15, 0.2) is 11.8 Å². The fourth-order valence-electron chi connectivity index (χ4n) is 1.99. The van der Waals surface area contributed by atoms with E-state index in [2.05, 4.69) is 20.8 Å². The second-order valence-corrected chi connectivity index (χ2v) is 5.17. The van der Waals surface area contributed by atoms with Gasteiger partial charge in [0.05, 0.1) is 5.76 Å². The molecule has 0 saturated carbocycles. The Balaban J connectivity index is 2.35. The maximum absolute atomic E-state index is 11.2. The monoisotopic (exact) mass is 210 g/mol. The highest BCUT2D eigenvalue weighted by molar-refractivity contribution is 5.91. The summed E-state index contributed by atoms with van der Waals surface area (Å²) in [4.78, 5) is 11.2. The Kier molecular flexibility index (Phi) is 4.37. The van der Waals surface area contributed by atoms with Crippen LogP contribution in [-0.2, 0) is 4.79 Å². The van der Waals surface area contributed by atoms with Crippen molar-refractivity contribution in [3.63, 3.8) is 0 Å². The van der Waals surface area contributed by atoms with Gasteiger partial charge in [-0.3, -0.25) is 4.79 Å². The number of aliphatic hydroxyl groups excluding tert-OH is 1. The van der Waals surface area contributed by atoms with E-state index in [9.17, 15) is 9.90 Å². The summed E-state index contributed by atoms with van der Waals surface area (Å²) in [6, 6.07) is 0. The molecule has 0 heterocycles. The van der Waals surface area contributed by atoms with E-state index in [0.717, 1.165) is 12.8 Å². The van der Waals surface area contributed by atoms with Crippen LogP contribution in [0.2, 0.25) is 0 Å². The number of carbonyl (C=O) groups excluding carboxylic acids is 1. The SMILES string of the molecule is CC(C)C(C)CCC1CC(=O)C=C(O)C1. The van der Waals surface area contributed by atoms with Crippen LogP contribution in [0.1, 0.15) is 46.5 Å². The first-order chi connectivity index (χ1) is 6.99. The van der Waals surface area contributed by atoms with Crippen molar-refractivity contribution >= 4 is 5.78 Å². The van der Waals surface area contributed by atoms with E-state index >= 15 is 0 Å². The molecule has 0 aromatic rings. The van der Waals surface area contributed by atoms with Crippen LogP contribution in [-0.4, -0.2) is 10.9 Å². The Bertz CT molecular complexity index is 253. The number of hydrogen-bond acceptors (Lipinski definition) is 2. The molecule has 2 atom stereocenters. The van der Waals surface area contributed by atoms with Crippen LogP contribution < -0.4 is 0 Å². The molecule has 0 fully saturated rings. The lowest BCUT2D eigenvalue weighted by atomic mass is 9.84. The van der Waals surface area contributed by atoms with E-state index in [1.165, 1.54) is 6.08 Å². The molecular formula is C13H22O2. The minimum absolute atomic E-state index is 0.0842. The van der Waals surface area contributed by atoms with Gasteiger partial charge in [0, 0.05) is 18.9 Å². The van der Waals surface area contributed by atoms with Gasteiger partial charge in [0.1, 0.15) is 0 Å². The van der Waals surface area contributed by atoms with Crippen molar-refractivity contribution < 1.29 is 9.90 Å². The third kappa shape index (κ3) is 4.06. The van der Waals surface area contributed by atoms with Crippen LogP contribution in [0.5, 0.6) is 0 Å². The molecule has 1 aliphatic rings. The number of rotatable bonds is 4. The third-order valence-electron chi connectivity index (χ3n) is 3.48. The fraction of sp³-hybridized carbons (Fsp3) is 0.769. The molecule has 1 rings (SSSR count). The second-order valence-electron chi connectivity index (χ2n) is 5.17. The Hall–Kier alpha value is -0.790. The number of ketones is 1. The molecular weight excluding hydrogens is 188 g/mol. The van der Waals surface area contributed by atoms with Gasteiger partial charge in [-0.05, 0) is 24.2 Å². The third-order valence-corrected chi connectivity index (χ3v) is 3.48. The molecule has 0 aromatic carbocycles. The molecule has 0 spiro atoms. The van der Waals surface area contributed by atoms with Crippen LogP contribution >= 0.6 is 0 Å². The molecule has 0 aliphatic heterocycles. The van der Waals surface area contributed by atoms with Gasteiger partial charge < -0.3 is 5.11 Å². The number of hydrogen-bond donors (Lipinski definition) is 1. The van der Waals surface area contributed by atoms with Crippen LogP contribution in [0.25, 0.3) is 0 Å². The smallest absolute Gasteiger partial charge is 0.159 e. The highest BCUT2D eigenvalue weighted by atomic mass is 16.3. The molecule has 0 amide bonds. The summed E-state index contributed by atoms with van der Waals surface area (Å²) in [6.07, 6.45) is 4.90. The second kappa shape index (κ2) is 5.34.